The minimum absolute atomic E-state index is 0.00209. The summed E-state index contributed by atoms with van der Waals surface area (Å²) in [5, 5.41) is 21.4. The number of hydrogen-bond acceptors (Lipinski definition) is 4. The van der Waals surface area contributed by atoms with Crippen molar-refractivity contribution in [1.82, 2.24) is 0 Å². The first kappa shape index (κ1) is 22.9. The topological polar surface area (TPSA) is 58.9 Å². The molecule has 0 atom stereocenters. The van der Waals surface area contributed by atoms with Gasteiger partial charge in [0, 0.05) is 16.5 Å². The number of phenols is 2. The van der Waals surface area contributed by atoms with Crippen molar-refractivity contribution >= 4 is 0 Å². The van der Waals surface area contributed by atoms with Gasteiger partial charge >= 0.3 is 0 Å². The Morgan fingerprint density at radius 2 is 1.37 bits per heavy atom. The molecule has 2 N–H and O–H groups in total. The van der Waals surface area contributed by atoms with E-state index in [1.807, 2.05) is 13.8 Å². The maximum Gasteiger partial charge on any atom is 0.207 e. The van der Waals surface area contributed by atoms with Crippen LogP contribution in [-0.4, -0.2) is 24.4 Å². The summed E-state index contributed by atoms with van der Waals surface area (Å²) in [6, 6.07) is 0. The summed E-state index contributed by atoms with van der Waals surface area (Å²) in [4.78, 5) is 0. The second kappa shape index (κ2) is 8.28. The Labute approximate surface area is 164 Å². The van der Waals surface area contributed by atoms with Gasteiger partial charge in [-0.25, -0.2) is 0 Å². The fourth-order valence-electron chi connectivity index (χ4n) is 4.25. The molecule has 0 spiro atoms. The lowest BCUT2D eigenvalue weighted by Crippen LogP contribution is -2.18. The van der Waals surface area contributed by atoms with E-state index in [1.54, 1.807) is 6.92 Å². The summed E-state index contributed by atoms with van der Waals surface area (Å²) in [6.07, 6.45) is 5.34. The van der Waals surface area contributed by atoms with Crippen molar-refractivity contribution in [1.29, 1.82) is 0 Å². The van der Waals surface area contributed by atoms with Crippen molar-refractivity contribution in [3.05, 3.63) is 34.4 Å². The quantitative estimate of drug-likeness (QED) is 0.450. The van der Waals surface area contributed by atoms with Crippen molar-refractivity contribution in [3.63, 3.8) is 0 Å². The van der Waals surface area contributed by atoms with Gasteiger partial charge in [0.15, 0.2) is 11.5 Å². The van der Waals surface area contributed by atoms with E-state index in [4.69, 9.17) is 9.47 Å². The lowest BCUT2D eigenvalue weighted by Gasteiger charge is -2.29. The van der Waals surface area contributed by atoms with Crippen LogP contribution in [0.4, 0.5) is 0 Å². The Morgan fingerprint density at radius 3 is 1.81 bits per heavy atom. The number of rotatable bonds is 7. The molecule has 1 rings (SSSR count). The van der Waals surface area contributed by atoms with Crippen LogP contribution in [0.15, 0.2) is 23.3 Å². The van der Waals surface area contributed by atoms with E-state index < -0.39 is 5.41 Å². The van der Waals surface area contributed by atoms with Gasteiger partial charge in [0.2, 0.25) is 11.5 Å². The van der Waals surface area contributed by atoms with E-state index in [0.29, 0.717) is 11.1 Å². The average Bonchev–Trinajstić information content (AvgIpc) is 2.47. The summed E-state index contributed by atoms with van der Waals surface area (Å²) in [6.45, 7) is 16.6. The number of aromatic hydroxyl groups is 2. The van der Waals surface area contributed by atoms with Gasteiger partial charge in [-0.2, -0.15) is 0 Å². The molecule has 0 aromatic heterocycles. The third kappa shape index (κ3) is 5.21. The summed E-state index contributed by atoms with van der Waals surface area (Å²) >= 11 is 0. The molecule has 0 unspecified atom stereocenters. The largest absolute Gasteiger partial charge is 0.504 e. The highest BCUT2D eigenvalue weighted by Gasteiger charge is 2.32. The van der Waals surface area contributed by atoms with E-state index in [0.717, 1.165) is 6.42 Å². The number of methoxy groups -OCH3 is 2. The van der Waals surface area contributed by atoms with Gasteiger partial charge in [-0.15, -0.1) is 0 Å². The average molecular weight is 377 g/mol. The number of ether oxygens (including phenoxy) is 2. The van der Waals surface area contributed by atoms with Gasteiger partial charge in [-0.1, -0.05) is 51.0 Å². The smallest absolute Gasteiger partial charge is 0.207 e. The van der Waals surface area contributed by atoms with E-state index in [-0.39, 0.29) is 28.4 Å². The standard InChI is InChI=1S/C23H36O4/c1-14(2)11-22(5,6)12-15(3)13-23(7,8)17-16(4)18(24)20(26-9)21(27-10)19(17)25/h11,13,24-25H,12H2,1-10H3/b15-13+. The maximum atomic E-state index is 10.9. The Bertz CT molecular complexity index is 748. The zero-order valence-corrected chi connectivity index (χ0v) is 18.6. The third-order valence-corrected chi connectivity index (χ3v) is 4.68. The van der Waals surface area contributed by atoms with Crippen LogP contribution in [0.1, 0.15) is 66.0 Å². The first-order chi connectivity index (χ1) is 12.3. The molecular formula is C23H36O4. The van der Waals surface area contributed by atoms with Crippen molar-refractivity contribution in [2.24, 2.45) is 5.41 Å². The molecule has 0 amide bonds. The SMILES string of the molecule is COc1c(O)c(C)c(C(C)(C)/C=C(\C)CC(C)(C)C=C(C)C)c(O)c1OC. The number of allylic oxidation sites excluding steroid dienone is 4. The molecule has 152 valence electrons. The maximum absolute atomic E-state index is 10.9. The van der Waals surface area contributed by atoms with E-state index in [1.165, 1.54) is 25.4 Å². The molecule has 0 heterocycles. The van der Waals surface area contributed by atoms with Crippen molar-refractivity contribution in [3.8, 4) is 23.0 Å². The fraction of sp³-hybridized carbons (Fsp3) is 0.565. The third-order valence-electron chi connectivity index (χ3n) is 4.68. The molecule has 0 saturated carbocycles. The van der Waals surface area contributed by atoms with E-state index in [9.17, 15) is 10.2 Å². The Hall–Kier alpha value is -2.10. The van der Waals surface area contributed by atoms with Crippen LogP contribution in [0.3, 0.4) is 0 Å². The zero-order chi connectivity index (χ0) is 21.2. The van der Waals surface area contributed by atoms with Crippen molar-refractivity contribution in [2.75, 3.05) is 14.2 Å². The summed E-state index contributed by atoms with van der Waals surface area (Å²) in [5.41, 5.74) is 3.28. The molecule has 1 aromatic rings. The molecular weight excluding hydrogens is 340 g/mol. The number of phenolic OH excluding ortho intramolecular Hbond substituents is 2. The number of benzene rings is 1. The highest BCUT2D eigenvalue weighted by molar-refractivity contribution is 5.68. The van der Waals surface area contributed by atoms with E-state index >= 15 is 0 Å². The van der Waals surface area contributed by atoms with Gasteiger partial charge in [-0.3, -0.25) is 0 Å². The van der Waals surface area contributed by atoms with Gasteiger partial charge in [0.05, 0.1) is 14.2 Å². The molecule has 0 aliphatic heterocycles. The lowest BCUT2D eigenvalue weighted by atomic mass is 9.77. The highest BCUT2D eigenvalue weighted by Crippen LogP contribution is 2.52. The minimum Gasteiger partial charge on any atom is -0.504 e. The summed E-state index contributed by atoms with van der Waals surface area (Å²) in [7, 11) is 2.89. The summed E-state index contributed by atoms with van der Waals surface area (Å²) in [5.74, 6) is 0.297. The molecule has 1 aromatic carbocycles. The molecule has 4 heteroatoms. The Balaban J connectivity index is 3.48. The normalized spacial score (nSPS) is 12.7. The first-order valence-corrected chi connectivity index (χ1v) is 9.28. The summed E-state index contributed by atoms with van der Waals surface area (Å²) < 4.78 is 10.5. The van der Waals surface area contributed by atoms with Gasteiger partial charge in [-0.05, 0) is 39.5 Å². The van der Waals surface area contributed by atoms with Gasteiger partial charge < -0.3 is 19.7 Å². The van der Waals surface area contributed by atoms with Crippen LogP contribution in [-0.2, 0) is 5.41 Å². The molecule has 0 aliphatic rings. The van der Waals surface area contributed by atoms with Crippen LogP contribution in [0.2, 0.25) is 0 Å². The van der Waals surface area contributed by atoms with Gasteiger partial charge in [0.25, 0.3) is 0 Å². The van der Waals surface area contributed by atoms with Gasteiger partial charge in [0.1, 0.15) is 0 Å². The number of hydrogen-bond donors (Lipinski definition) is 2. The second-order valence-corrected chi connectivity index (χ2v) is 8.86. The molecule has 4 nitrogen and oxygen atoms in total. The molecule has 27 heavy (non-hydrogen) atoms. The van der Waals surface area contributed by atoms with Crippen LogP contribution >= 0.6 is 0 Å². The van der Waals surface area contributed by atoms with E-state index in [2.05, 4.69) is 46.8 Å². The molecule has 0 radical (unpaired) electrons. The molecule has 0 fully saturated rings. The highest BCUT2D eigenvalue weighted by atomic mass is 16.5. The Morgan fingerprint density at radius 1 is 0.889 bits per heavy atom. The monoisotopic (exact) mass is 376 g/mol. The zero-order valence-electron chi connectivity index (χ0n) is 18.6. The van der Waals surface area contributed by atoms with Crippen LogP contribution in [0.25, 0.3) is 0 Å². The fourth-order valence-corrected chi connectivity index (χ4v) is 4.25. The Kier molecular flexibility index (Phi) is 7.04. The second-order valence-electron chi connectivity index (χ2n) is 8.86. The van der Waals surface area contributed by atoms with Crippen LogP contribution in [0.5, 0.6) is 23.0 Å². The van der Waals surface area contributed by atoms with Crippen molar-refractivity contribution < 1.29 is 19.7 Å². The molecule has 0 aliphatic carbocycles. The first-order valence-electron chi connectivity index (χ1n) is 9.28. The van der Waals surface area contributed by atoms with Crippen LogP contribution < -0.4 is 9.47 Å². The lowest BCUT2D eigenvalue weighted by molar-refractivity contribution is 0.311. The van der Waals surface area contributed by atoms with Crippen LogP contribution in [0, 0.1) is 12.3 Å². The molecule has 0 bridgehead atoms. The predicted octanol–water partition coefficient (Wildman–Crippen LogP) is 6.03. The molecule has 0 saturated heterocycles. The minimum atomic E-state index is -0.504. The van der Waals surface area contributed by atoms with Crippen molar-refractivity contribution in [2.45, 2.75) is 67.2 Å². The predicted molar refractivity (Wildman–Crippen MR) is 112 cm³/mol.